The summed E-state index contributed by atoms with van der Waals surface area (Å²) in [5, 5.41) is 2.85. The maximum atomic E-state index is 13.4. The summed E-state index contributed by atoms with van der Waals surface area (Å²) in [6.07, 6.45) is 5.25. The van der Waals surface area contributed by atoms with Gasteiger partial charge >= 0.3 is 6.03 Å². The summed E-state index contributed by atoms with van der Waals surface area (Å²) in [6.45, 7) is -0.346. The number of fused-ring (bicyclic) bond motifs is 2. The summed E-state index contributed by atoms with van der Waals surface area (Å²) in [5.74, 6) is -0.675. The third-order valence-corrected chi connectivity index (χ3v) is 9.07. The van der Waals surface area contributed by atoms with Gasteiger partial charge in [0.1, 0.15) is 12.1 Å². The zero-order valence-electron chi connectivity index (χ0n) is 17.4. The molecule has 0 bridgehead atoms. The number of carbonyl (C=O) groups is 3. The van der Waals surface area contributed by atoms with Crippen LogP contribution >= 0.6 is 0 Å². The molecule has 0 radical (unpaired) electrons. The molecule has 2 heterocycles. The minimum absolute atomic E-state index is 0.0206. The number of hydrogen-bond acceptors (Lipinski definition) is 5. The van der Waals surface area contributed by atoms with Crippen molar-refractivity contribution in [3.05, 3.63) is 35.4 Å². The largest absolute Gasteiger partial charge is 0.334 e. The normalized spacial score (nSPS) is 29.5. The van der Waals surface area contributed by atoms with Crippen molar-refractivity contribution < 1.29 is 22.8 Å². The lowest BCUT2D eigenvalue weighted by Gasteiger charge is -2.35. The van der Waals surface area contributed by atoms with E-state index in [1.54, 1.807) is 4.90 Å². The van der Waals surface area contributed by atoms with Gasteiger partial charge in [-0.3, -0.25) is 14.5 Å². The fourth-order valence-corrected chi connectivity index (χ4v) is 7.54. The third-order valence-electron chi connectivity index (χ3n) is 7.32. The third kappa shape index (κ3) is 3.33. The lowest BCUT2D eigenvalue weighted by molar-refractivity contribution is -0.141. The van der Waals surface area contributed by atoms with E-state index in [9.17, 15) is 22.8 Å². The molecule has 3 fully saturated rings. The van der Waals surface area contributed by atoms with Crippen LogP contribution in [-0.4, -0.2) is 66.2 Å². The molecule has 1 aromatic rings. The molecule has 1 N–H and O–H groups in total. The van der Waals surface area contributed by atoms with Crippen molar-refractivity contribution in [2.75, 3.05) is 18.1 Å². The van der Waals surface area contributed by atoms with Crippen molar-refractivity contribution in [3.63, 3.8) is 0 Å². The van der Waals surface area contributed by atoms with Gasteiger partial charge in [0.2, 0.25) is 5.91 Å². The first-order valence-electron chi connectivity index (χ1n) is 11.0. The molecular weight excluding hydrogens is 418 g/mol. The number of sulfone groups is 1. The zero-order valence-corrected chi connectivity index (χ0v) is 18.2. The zero-order chi connectivity index (χ0) is 21.8. The van der Waals surface area contributed by atoms with E-state index in [1.807, 2.05) is 24.3 Å². The van der Waals surface area contributed by atoms with Gasteiger partial charge in [-0.2, -0.15) is 0 Å². The Morgan fingerprint density at radius 3 is 2.58 bits per heavy atom. The standard InChI is InChI=1S/C22H27N3O5S/c26-19(25(16-6-2-3-7-16)17-10-12-31(29,30)14-17)13-24-20(27)22(23-21(24)28)11-9-15-5-1-4-8-18(15)22/h1,4-5,8,16-17H,2-3,6-7,9-14H2,(H,23,28)/t17-,22-/m1/s1. The minimum Gasteiger partial charge on any atom is -0.334 e. The van der Waals surface area contributed by atoms with E-state index in [1.165, 1.54) is 0 Å². The molecule has 1 saturated carbocycles. The van der Waals surface area contributed by atoms with E-state index in [2.05, 4.69) is 5.32 Å². The second kappa shape index (κ2) is 7.32. The molecule has 2 saturated heterocycles. The summed E-state index contributed by atoms with van der Waals surface area (Å²) >= 11 is 0. The second-order valence-corrected chi connectivity index (χ2v) is 11.4. The van der Waals surface area contributed by atoms with Gasteiger partial charge in [0.25, 0.3) is 5.91 Å². The van der Waals surface area contributed by atoms with Crippen molar-refractivity contribution in [1.82, 2.24) is 15.1 Å². The van der Waals surface area contributed by atoms with E-state index in [-0.39, 0.29) is 41.9 Å². The van der Waals surface area contributed by atoms with Crippen molar-refractivity contribution in [3.8, 4) is 0 Å². The van der Waals surface area contributed by atoms with Crippen molar-refractivity contribution in [1.29, 1.82) is 0 Å². The first-order valence-corrected chi connectivity index (χ1v) is 12.9. The summed E-state index contributed by atoms with van der Waals surface area (Å²) in [7, 11) is -3.16. The molecule has 9 heteroatoms. The Hall–Kier alpha value is -2.42. The van der Waals surface area contributed by atoms with Crippen molar-refractivity contribution >= 4 is 27.7 Å². The number of aryl methyl sites for hydroxylation is 1. The van der Waals surface area contributed by atoms with Gasteiger partial charge in [-0.15, -0.1) is 0 Å². The Labute approximate surface area is 181 Å². The van der Waals surface area contributed by atoms with Crippen LogP contribution in [0.1, 0.15) is 49.7 Å². The Morgan fingerprint density at radius 2 is 1.87 bits per heavy atom. The molecule has 166 valence electrons. The first-order chi connectivity index (χ1) is 14.8. The number of benzene rings is 1. The molecule has 2 aliphatic heterocycles. The molecule has 31 heavy (non-hydrogen) atoms. The molecule has 4 aliphatic rings. The lowest BCUT2D eigenvalue weighted by atomic mass is 9.92. The molecule has 2 aliphatic carbocycles. The average molecular weight is 446 g/mol. The van der Waals surface area contributed by atoms with Crippen molar-refractivity contribution in [2.24, 2.45) is 0 Å². The minimum atomic E-state index is -3.16. The van der Waals surface area contributed by atoms with Gasteiger partial charge in [-0.1, -0.05) is 37.1 Å². The average Bonchev–Trinajstić information content (AvgIpc) is 3.50. The van der Waals surface area contributed by atoms with Gasteiger partial charge in [-0.25, -0.2) is 13.2 Å². The molecule has 2 atom stereocenters. The summed E-state index contributed by atoms with van der Waals surface area (Å²) < 4.78 is 24.1. The number of amides is 4. The van der Waals surface area contributed by atoms with Crippen LogP contribution in [0.5, 0.6) is 0 Å². The van der Waals surface area contributed by atoms with Crippen LogP contribution in [0.2, 0.25) is 0 Å². The first kappa shape index (κ1) is 20.5. The highest BCUT2D eigenvalue weighted by Crippen LogP contribution is 2.41. The van der Waals surface area contributed by atoms with E-state index in [0.717, 1.165) is 41.7 Å². The topological polar surface area (TPSA) is 104 Å². The molecular formula is C22H27N3O5S. The highest BCUT2D eigenvalue weighted by Gasteiger charge is 2.56. The fourth-order valence-electron chi connectivity index (χ4n) is 5.83. The highest BCUT2D eigenvalue weighted by atomic mass is 32.2. The van der Waals surface area contributed by atoms with E-state index >= 15 is 0 Å². The van der Waals surface area contributed by atoms with Crippen LogP contribution in [0.25, 0.3) is 0 Å². The maximum absolute atomic E-state index is 13.4. The van der Waals surface area contributed by atoms with Crippen LogP contribution in [0.15, 0.2) is 24.3 Å². The molecule has 0 unspecified atom stereocenters. The second-order valence-electron chi connectivity index (χ2n) is 9.18. The summed E-state index contributed by atoms with van der Waals surface area (Å²) in [4.78, 5) is 42.3. The van der Waals surface area contributed by atoms with Crippen LogP contribution in [0.4, 0.5) is 4.79 Å². The van der Waals surface area contributed by atoms with E-state index < -0.39 is 21.4 Å². The van der Waals surface area contributed by atoms with Gasteiger partial charge in [0.05, 0.1) is 11.5 Å². The quantitative estimate of drug-likeness (QED) is 0.705. The highest BCUT2D eigenvalue weighted by molar-refractivity contribution is 7.91. The number of rotatable bonds is 4. The number of carbonyl (C=O) groups excluding carboxylic acids is 3. The van der Waals surface area contributed by atoms with Crippen LogP contribution in [0.3, 0.4) is 0 Å². The van der Waals surface area contributed by atoms with Gasteiger partial charge < -0.3 is 10.2 Å². The van der Waals surface area contributed by atoms with Gasteiger partial charge in [-0.05, 0) is 43.2 Å². The van der Waals surface area contributed by atoms with Crippen molar-refractivity contribution in [2.45, 2.75) is 62.6 Å². The number of hydrogen-bond donors (Lipinski definition) is 1. The van der Waals surface area contributed by atoms with Gasteiger partial charge in [0, 0.05) is 12.1 Å². The number of imide groups is 1. The summed E-state index contributed by atoms with van der Waals surface area (Å²) in [5.41, 5.74) is 0.744. The molecule has 4 amide bonds. The number of urea groups is 1. The van der Waals surface area contributed by atoms with Crippen LogP contribution < -0.4 is 5.32 Å². The Bertz CT molecular complexity index is 1050. The smallest absolute Gasteiger partial charge is 0.325 e. The molecule has 1 spiro atoms. The Balaban J connectivity index is 1.39. The van der Waals surface area contributed by atoms with Gasteiger partial charge in [0.15, 0.2) is 9.84 Å². The monoisotopic (exact) mass is 445 g/mol. The Kier molecular flexibility index (Phi) is 4.84. The predicted molar refractivity (Wildman–Crippen MR) is 113 cm³/mol. The molecule has 1 aromatic carbocycles. The van der Waals surface area contributed by atoms with Crippen LogP contribution in [0, 0.1) is 0 Å². The molecule has 5 rings (SSSR count). The predicted octanol–water partition coefficient (Wildman–Crippen LogP) is 1.34. The number of nitrogens with one attached hydrogen (secondary N) is 1. The SMILES string of the molecule is O=C1N[C@@]2(CCc3ccccc32)C(=O)N1CC(=O)N(C1CCCC1)[C@@H]1CCS(=O)(=O)C1. The Morgan fingerprint density at radius 1 is 1.13 bits per heavy atom. The van der Waals surface area contributed by atoms with E-state index in [0.29, 0.717) is 19.3 Å². The molecule has 0 aromatic heterocycles. The van der Waals surface area contributed by atoms with E-state index in [4.69, 9.17) is 0 Å². The summed E-state index contributed by atoms with van der Waals surface area (Å²) in [6, 6.07) is 6.63. The lowest BCUT2D eigenvalue weighted by Crippen LogP contribution is -2.52. The number of nitrogens with zero attached hydrogens (tertiary/aromatic N) is 2. The molecule has 8 nitrogen and oxygen atoms in total. The maximum Gasteiger partial charge on any atom is 0.325 e. The fraction of sp³-hybridized carbons (Fsp3) is 0.591. The van der Waals surface area contributed by atoms with Crippen LogP contribution in [-0.2, 0) is 31.4 Å².